The van der Waals surface area contributed by atoms with Gasteiger partial charge in [-0.3, -0.25) is 9.78 Å². The van der Waals surface area contributed by atoms with Crippen LogP contribution in [0.4, 0.5) is 10.1 Å². The number of nitrogens with zero attached hydrogens (tertiary/aromatic N) is 4. The first-order valence-corrected chi connectivity index (χ1v) is 10.3. The van der Waals surface area contributed by atoms with Gasteiger partial charge in [-0.15, -0.1) is 0 Å². The van der Waals surface area contributed by atoms with Gasteiger partial charge < -0.3 is 19.9 Å². The van der Waals surface area contributed by atoms with Gasteiger partial charge in [-0.25, -0.2) is 4.39 Å². The maximum Gasteiger partial charge on any atom is 0.253 e. The van der Waals surface area contributed by atoms with E-state index in [-0.39, 0.29) is 12.0 Å². The van der Waals surface area contributed by atoms with Crippen molar-refractivity contribution in [3.63, 3.8) is 0 Å². The second kappa shape index (κ2) is 8.54. The number of carbonyl (C=O) groups excluding carboxylic acids is 1. The number of anilines is 1. The zero-order valence-corrected chi connectivity index (χ0v) is 17.2. The van der Waals surface area contributed by atoms with Gasteiger partial charge in [0.25, 0.3) is 5.91 Å². The fourth-order valence-electron chi connectivity index (χ4n) is 4.39. The van der Waals surface area contributed by atoms with Gasteiger partial charge >= 0.3 is 0 Å². The summed E-state index contributed by atoms with van der Waals surface area (Å²) in [4.78, 5) is 21.1. The number of benzene rings is 1. The molecule has 2 aromatic rings. The van der Waals surface area contributed by atoms with Crippen LogP contribution in [0, 0.1) is 11.3 Å². The van der Waals surface area contributed by atoms with Crippen LogP contribution in [0.5, 0.6) is 0 Å². The molecule has 2 aliphatic heterocycles. The zero-order chi connectivity index (χ0) is 21.3. The summed E-state index contributed by atoms with van der Waals surface area (Å²) in [5.74, 6) is -0.209. The number of likely N-dealkylation sites (N-methyl/N-ethyl adjacent to an activating group) is 1. The van der Waals surface area contributed by atoms with Crippen molar-refractivity contribution in [2.24, 2.45) is 0 Å². The third-order valence-corrected chi connectivity index (χ3v) is 5.96. The average molecular weight is 411 g/mol. The molecule has 0 saturated carbocycles. The predicted octanol–water partition coefficient (Wildman–Crippen LogP) is 1.86. The number of alkyl halides is 1. The van der Waals surface area contributed by atoms with Gasteiger partial charge in [-0.2, -0.15) is 5.26 Å². The Morgan fingerprint density at radius 3 is 3.00 bits per heavy atom. The summed E-state index contributed by atoms with van der Waals surface area (Å²) in [6, 6.07) is 9.13. The van der Waals surface area contributed by atoms with E-state index in [1.807, 2.05) is 25.1 Å². The first kappa shape index (κ1) is 20.5. The van der Waals surface area contributed by atoms with Crippen molar-refractivity contribution in [2.75, 3.05) is 38.1 Å². The van der Waals surface area contributed by atoms with E-state index in [0.717, 1.165) is 11.1 Å². The summed E-state index contributed by atoms with van der Waals surface area (Å²) in [7, 11) is 1.65. The minimum atomic E-state index is -1.04. The summed E-state index contributed by atoms with van der Waals surface area (Å²) in [5.41, 5.74) is 2.07. The molecule has 8 heteroatoms. The lowest BCUT2D eigenvalue weighted by Gasteiger charge is -2.41. The number of aromatic nitrogens is 1. The number of amides is 1. The van der Waals surface area contributed by atoms with Crippen molar-refractivity contribution in [1.29, 1.82) is 5.26 Å². The molecule has 1 aromatic carbocycles. The number of nitriles is 1. The van der Waals surface area contributed by atoms with Gasteiger partial charge in [0.1, 0.15) is 12.2 Å². The highest BCUT2D eigenvalue weighted by molar-refractivity contribution is 5.95. The minimum absolute atomic E-state index is 0.172. The van der Waals surface area contributed by atoms with Crippen molar-refractivity contribution in [3.8, 4) is 6.07 Å². The van der Waals surface area contributed by atoms with E-state index < -0.39 is 18.3 Å². The Hall–Kier alpha value is -2.76. The van der Waals surface area contributed by atoms with Crippen LogP contribution in [-0.2, 0) is 9.53 Å². The molecule has 3 heterocycles. The lowest BCUT2D eigenvalue weighted by atomic mass is 10.0. The number of pyridine rings is 1. The van der Waals surface area contributed by atoms with Gasteiger partial charge in [0.2, 0.25) is 0 Å². The van der Waals surface area contributed by atoms with Crippen LogP contribution < -0.4 is 10.2 Å². The summed E-state index contributed by atoms with van der Waals surface area (Å²) in [6.45, 7) is 3.98. The molecule has 30 heavy (non-hydrogen) atoms. The van der Waals surface area contributed by atoms with E-state index in [1.165, 1.54) is 4.90 Å². The van der Waals surface area contributed by atoms with Crippen LogP contribution in [0.3, 0.4) is 0 Å². The smallest absolute Gasteiger partial charge is 0.253 e. The Balaban J connectivity index is 1.59. The topological polar surface area (TPSA) is 81.5 Å². The van der Waals surface area contributed by atoms with Gasteiger partial charge in [0.15, 0.2) is 6.10 Å². The maximum absolute atomic E-state index is 14.4. The van der Waals surface area contributed by atoms with Crippen LogP contribution in [0.25, 0.3) is 10.9 Å². The molecule has 0 aliphatic carbocycles. The van der Waals surface area contributed by atoms with Crippen molar-refractivity contribution in [3.05, 3.63) is 36.0 Å². The van der Waals surface area contributed by atoms with E-state index >= 15 is 0 Å². The molecule has 2 fully saturated rings. The van der Waals surface area contributed by atoms with Gasteiger partial charge in [0, 0.05) is 37.4 Å². The molecule has 1 N–H and O–H groups in total. The molecule has 2 aliphatic rings. The Bertz CT molecular complexity index is 978. The number of rotatable bonds is 3. The summed E-state index contributed by atoms with van der Waals surface area (Å²) >= 11 is 0. The molecule has 0 spiro atoms. The second-order valence-electron chi connectivity index (χ2n) is 8.01. The standard InChI is InChI=1S/C22H26FN5O2/c1-14-12-28(18-6-5-15(10-24)21-16(18)4-3-8-26-21)13-20(30-14)22(29)27(2)19-11-25-9-7-17(19)23/h3-6,8,14,17,19-20,25H,7,9,11-13H2,1-2H3/t14-,17+,19-,20-/m1/s1. The largest absolute Gasteiger partial charge is 0.365 e. The maximum atomic E-state index is 14.4. The van der Waals surface area contributed by atoms with Crippen molar-refractivity contribution >= 4 is 22.5 Å². The quantitative estimate of drug-likeness (QED) is 0.830. The number of ether oxygens (including phenoxy) is 1. The van der Waals surface area contributed by atoms with E-state index in [1.54, 1.807) is 19.3 Å². The molecule has 158 valence electrons. The molecular weight excluding hydrogens is 385 g/mol. The number of piperidine rings is 1. The molecule has 0 unspecified atom stereocenters. The molecule has 4 rings (SSSR count). The van der Waals surface area contributed by atoms with Crippen LogP contribution in [-0.4, -0.2) is 73.4 Å². The molecule has 1 aromatic heterocycles. The predicted molar refractivity (Wildman–Crippen MR) is 112 cm³/mol. The lowest BCUT2D eigenvalue weighted by Crippen LogP contribution is -2.59. The third kappa shape index (κ3) is 3.83. The van der Waals surface area contributed by atoms with Crippen LogP contribution in [0.2, 0.25) is 0 Å². The van der Waals surface area contributed by atoms with Gasteiger partial charge in [0.05, 0.1) is 29.8 Å². The average Bonchev–Trinajstić information content (AvgIpc) is 2.77. The highest BCUT2D eigenvalue weighted by Crippen LogP contribution is 2.30. The Labute approximate surface area is 175 Å². The molecule has 4 atom stereocenters. The monoisotopic (exact) mass is 411 g/mol. The Kier molecular flexibility index (Phi) is 5.84. The molecule has 0 radical (unpaired) electrons. The number of carbonyl (C=O) groups is 1. The van der Waals surface area contributed by atoms with Crippen LogP contribution in [0.15, 0.2) is 30.5 Å². The van der Waals surface area contributed by atoms with Gasteiger partial charge in [-0.05, 0) is 44.2 Å². The second-order valence-corrected chi connectivity index (χ2v) is 8.01. The molecule has 7 nitrogen and oxygen atoms in total. The molecular formula is C22H26FN5O2. The molecule has 0 bridgehead atoms. The summed E-state index contributed by atoms with van der Waals surface area (Å²) < 4.78 is 20.3. The van der Waals surface area contributed by atoms with E-state index in [2.05, 4.69) is 21.3 Å². The van der Waals surface area contributed by atoms with Crippen molar-refractivity contribution in [2.45, 2.75) is 37.8 Å². The number of morpholine rings is 1. The SMILES string of the molecule is C[C@@H]1CN(c2ccc(C#N)c3ncccc23)C[C@H](C(=O)N(C)[C@@H]2CNCC[C@@H]2F)O1. The minimum Gasteiger partial charge on any atom is -0.365 e. The lowest BCUT2D eigenvalue weighted by molar-refractivity contribution is -0.150. The van der Waals surface area contributed by atoms with Crippen molar-refractivity contribution < 1.29 is 13.9 Å². The fourth-order valence-corrected chi connectivity index (χ4v) is 4.39. The van der Waals surface area contributed by atoms with Crippen molar-refractivity contribution in [1.82, 2.24) is 15.2 Å². The Morgan fingerprint density at radius 1 is 1.40 bits per heavy atom. The normalized spacial score (nSPS) is 26.9. The number of hydrogen-bond donors (Lipinski definition) is 1. The molecule has 1 amide bonds. The van der Waals surface area contributed by atoms with Crippen LogP contribution >= 0.6 is 0 Å². The summed E-state index contributed by atoms with van der Waals surface area (Å²) in [5, 5.41) is 13.4. The first-order valence-electron chi connectivity index (χ1n) is 10.3. The Morgan fingerprint density at radius 2 is 2.23 bits per heavy atom. The van der Waals surface area contributed by atoms with Crippen LogP contribution in [0.1, 0.15) is 18.9 Å². The molecule has 2 saturated heterocycles. The van der Waals surface area contributed by atoms with E-state index in [9.17, 15) is 14.4 Å². The number of nitrogens with one attached hydrogen (secondary N) is 1. The van der Waals surface area contributed by atoms with E-state index in [0.29, 0.717) is 43.7 Å². The zero-order valence-electron chi connectivity index (χ0n) is 17.2. The highest BCUT2D eigenvalue weighted by atomic mass is 19.1. The first-order chi connectivity index (χ1) is 14.5. The fraction of sp³-hybridized carbons (Fsp3) is 0.500. The third-order valence-electron chi connectivity index (χ3n) is 5.96. The van der Waals surface area contributed by atoms with Gasteiger partial charge in [-0.1, -0.05) is 0 Å². The highest BCUT2D eigenvalue weighted by Gasteiger charge is 2.37. The number of hydrogen-bond acceptors (Lipinski definition) is 6. The summed E-state index contributed by atoms with van der Waals surface area (Å²) in [6.07, 6.45) is 0.178. The number of fused-ring (bicyclic) bond motifs is 1. The van der Waals surface area contributed by atoms with E-state index in [4.69, 9.17) is 4.74 Å². The number of halogens is 1.